The SMILES string of the molecule is c1ccc(COc2ccc(CSc3cc(N4CCCCC4)ncn3)cc2)cc1. The maximum atomic E-state index is 5.86. The topological polar surface area (TPSA) is 38.2 Å². The first-order chi connectivity index (χ1) is 13.9. The molecule has 2 aromatic carbocycles. The highest BCUT2D eigenvalue weighted by Crippen LogP contribution is 2.26. The Morgan fingerprint density at radius 1 is 0.857 bits per heavy atom. The summed E-state index contributed by atoms with van der Waals surface area (Å²) in [6, 6.07) is 20.7. The second-order valence-electron chi connectivity index (χ2n) is 6.97. The summed E-state index contributed by atoms with van der Waals surface area (Å²) >= 11 is 1.75. The van der Waals surface area contributed by atoms with E-state index >= 15 is 0 Å². The Hall–Kier alpha value is -2.53. The third-order valence-corrected chi connectivity index (χ3v) is 5.86. The smallest absolute Gasteiger partial charge is 0.133 e. The average Bonchev–Trinajstić information content (AvgIpc) is 2.78. The Morgan fingerprint density at radius 2 is 1.64 bits per heavy atom. The largest absolute Gasteiger partial charge is 0.489 e. The minimum Gasteiger partial charge on any atom is -0.489 e. The van der Waals surface area contributed by atoms with Gasteiger partial charge in [0.05, 0.1) is 0 Å². The second kappa shape index (κ2) is 9.60. The lowest BCUT2D eigenvalue weighted by atomic mass is 10.1. The highest BCUT2D eigenvalue weighted by Gasteiger charge is 2.12. The normalized spacial score (nSPS) is 14.1. The first-order valence-electron chi connectivity index (χ1n) is 9.82. The van der Waals surface area contributed by atoms with Crippen LogP contribution < -0.4 is 9.64 Å². The summed E-state index contributed by atoms with van der Waals surface area (Å²) < 4.78 is 5.86. The van der Waals surface area contributed by atoms with Gasteiger partial charge in [0, 0.05) is 24.9 Å². The number of thioether (sulfide) groups is 1. The van der Waals surface area contributed by atoms with Crippen LogP contribution in [0.4, 0.5) is 5.82 Å². The minimum absolute atomic E-state index is 0.592. The molecule has 1 aromatic heterocycles. The van der Waals surface area contributed by atoms with Crippen LogP contribution in [0.3, 0.4) is 0 Å². The molecule has 4 nitrogen and oxygen atoms in total. The molecule has 0 unspecified atom stereocenters. The molecule has 0 N–H and O–H groups in total. The van der Waals surface area contributed by atoms with Gasteiger partial charge < -0.3 is 9.64 Å². The van der Waals surface area contributed by atoms with Gasteiger partial charge in [0.15, 0.2) is 0 Å². The molecule has 0 aliphatic carbocycles. The van der Waals surface area contributed by atoms with Crippen LogP contribution in [0, 0.1) is 0 Å². The van der Waals surface area contributed by atoms with Gasteiger partial charge in [0.1, 0.15) is 29.5 Å². The van der Waals surface area contributed by atoms with Crippen LogP contribution in [0.25, 0.3) is 0 Å². The van der Waals surface area contributed by atoms with Crippen LogP contribution in [-0.2, 0) is 12.4 Å². The number of benzene rings is 2. The van der Waals surface area contributed by atoms with Crippen molar-refractivity contribution in [1.82, 2.24) is 9.97 Å². The van der Waals surface area contributed by atoms with Crippen molar-refractivity contribution in [1.29, 1.82) is 0 Å². The van der Waals surface area contributed by atoms with Crippen LogP contribution in [0.15, 0.2) is 72.0 Å². The number of ether oxygens (including phenoxy) is 1. The molecule has 0 radical (unpaired) electrons. The van der Waals surface area contributed by atoms with Gasteiger partial charge in [-0.2, -0.15) is 0 Å². The summed E-state index contributed by atoms with van der Waals surface area (Å²) in [7, 11) is 0. The molecular formula is C23H25N3OS. The lowest BCUT2D eigenvalue weighted by Gasteiger charge is -2.27. The van der Waals surface area contributed by atoms with Crippen molar-refractivity contribution in [2.45, 2.75) is 36.6 Å². The lowest BCUT2D eigenvalue weighted by Crippen LogP contribution is -2.30. The molecule has 5 heteroatoms. The fourth-order valence-corrected chi connectivity index (χ4v) is 4.10. The minimum atomic E-state index is 0.592. The third-order valence-electron chi connectivity index (χ3n) is 4.87. The van der Waals surface area contributed by atoms with Crippen LogP contribution >= 0.6 is 11.8 Å². The monoisotopic (exact) mass is 391 g/mol. The second-order valence-corrected chi connectivity index (χ2v) is 7.96. The predicted octanol–water partition coefficient (Wildman–Crippen LogP) is 5.34. The van der Waals surface area contributed by atoms with Gasteiger partial charge in [-0.05, 0) is 42.5 Å². The molecule has 0 spiro atoms. The molecule has 0 amide bonds. The Bertz CT molecular complexity index is 865. The highest BCUT2D eigenvalue weighted by atomic mass is 32.2. The molecule has 0 atom stereocenters. The zero-order chi connectivity index (χ0) is 19.0. The standard InChI is InChI=1S/C23H25N3OS/c1-3-7-19(8-4-1)16-27-21-11-9-20(10-12-21)17-28-23-15-22(24-18-25-23)26-13-5-2-6-14-26/h1,3-4,7-12,15,18H,2,5-6,13-14,16-17H2. The van der Waals surface area contributed by atoms with Crippen LogP contribution in [0.2, 0.25) is 0 Å². The van der Waals surface area contributed by atoms with Crippen LogP contribution in [0.1, 0.15) is 30.4 Å². The number of anilines is 1. The van der Waals surface area contributed by atoms with Crippen molar-refractivity contribution in [3.8, 4) is 5.75 Å². The molecular weight excluding hydrogens is 366 g/mol. The van der Waals surface area contributed by atoms with E-state index in [4.69, 9.17) is 4.74 Å². The van der Waals surface area contributed by atoms with Crippen molar-refractivity contribution >= 4 is 17.6 Å². The van der Waals surface area contributed by atoms with E-state index in [0.29, 0.717) is 6.61 Å². The molecule has 28 heavy (non-hydrogen) atoms. The first-order valence-corrected chi connectivity index (χ1v) is 10.8. The van der Waals surface area contributed by atoms with E-state index < -0.39 is 0 Å². The van der Waals surface area contributed by atoms with Gasteiger partial charge in [0.25, 0.3) is 0 Å². The summed E-state index contributed by atoms with van der Waals surface area (Å²) in [5.41, 5.74) is 2.44. The van der Waals surface area contributed by atoms with E-state index in [2.05, 4.69) is 45.2 Å². The molecule has 1 fully saturated rings. The van der Waals surface area contributed by atoms with E-state index in [1.807, 2.05) is 30.3 Å². The Labute approximate surface area is 171 Å². The Morgan fingerprint density at radius 3 is 2.43 bits per heavy atom. The van der Waals surface area contributed by atoms with Crippen molar-refractivity contribution in [3.05, 3.63) is 78.1 Å². The number of piperidine rings is 1. The van der Waals surface area contributed by atoms with E-state index in [0.717, 1.165) is 35.4 Å². The maximum absolute atomic E-state index is 5.86. The van der Waals surface area contributed by atoms with Gasteiger partial charge in [-0.25, -0.2) is 9.97 Å². The first kappa shape index (κ1) is 18.8. The molecule has 3 aromatic rings. The van der Waals surface area contributed by atoms with Crippen molar-refractivity contribution < 1.29 is 4.74 Å². The molecule has 2 heterocycles. The summed E-state index contributed by atoms with van der Waals surface area (Å²) in [6.07, 6.45) is 5.53. The van der Waals surface area contributed by atoms with E-state index in [9.17, 15) is 0 Å². The average molecular weight is 392 g/mol. The number of hydrogen-bond acceptors (Lipinski definition) is 5. The van der Waals surface area contributed by atoms with E-state index in [1.165, 1.54) is 30.4 Å². The van der Waals surface area contributed by atoms with Crippen molar-refractivity contribution in [2.75, 3.05) is 18.0 Å². The summed E-state index contributed by atoms with van der Waals surface area (Å²) in [5.74, 6) is 2.84. The predicted molar refractivity (Wildman–Crippen MR) is 115 cm³/mol. The molecule has 0 bridgehead atoms. The van der Waals surface area contributed by atoms with E-state index in [-0.39, 0.29) is 0 Å². The van der Waals surface area contributed by atoms with Gasteiger partial charge in [0.2, 0.25) is 0 Å². The molecule has 1 aliphatic rings. The number of rotatable bonds is 7. The molecule has 1 saturated heterocycles. The quantitative estimate of drug-likeness (QED) is 0.402. The number of nitrogens with zero attached hydrogens (tertiary/aromatic N) is 3. The van der Waals surface area contributed by atoms with Crippen molar-refractivity contribution in [2.24, 2.45) is 0 Å². The van der Waals surface area contributed by atoms with E-state index in [1.54, 1.807) is 18.1 Å². The zero-order valence-corrected chi connectivity index (χ0v) is 16.8. The number of aromatic nitrogens is 2. The third kappa shape index (κ3) is 5.26. The van der Waals surface area contributed by atoms with Crippen LogP contribution in [-0.4, -0.2) is 23.1 Å². The zero-order valence-electron chi connectivity index (χ0n) is 16.0. The molecule has 144 valence electrons. The maximum Gasteiger partial charge on any atom is 0.133 e. The number of hydrogen-bond donors (Lipinski definition) is 0. The van der Waals surface area contributed by atoms with Gasteiger partial charge >= 0.3 is 0 Å². The van der Waals surface area contributed by atoms with Gasteiger partial charge in [-0.3, -0.25) is 0 Å². The summed E-state index contributed by atoms with van der Waals surface area (Å²) in [6.45, 7) is 2.80. The fourth-order valence-electron chi connectivity index (χ4n) is 3.28. The van der Waals surface area contributed by atoms with Gasteiger partial charge in [-0.1, -0.05) is 42.5 Å². The lowest BCUT2D eigenvalue weighted by molar-refractivity contribution is 0.306. The van der Waals surface area contributed by atoms with Gasteiger partial charge in [-0.15, -0.1) is 11.8 Å². The summed E-state index contributed by atoms with van der Waals surface area (Å²) in [5, 5.41) is 1.03. The highest BCUT2D eigenvalue weighted by molar-refractivity contribution is 7.98. The fraction of sp³-hybridized carbons (Fsp3) is 0.304. The summed E-state index contributed by atoms with van der Waals surface area (Å²) in [4.78, 5) is 11.3. The van der Waals surface area contributed by atoms with Crippen LogP contribution in [0.5, 0.6) is 5.75 Å². The Balaban J connectivity index is 1.30. The molecule has 0 saturated carbocycles. The van der Waals surface area contributed by atoms with Crippen molar-refractivity contribution in [3.63, 3.8) is 0 Å². The molecule has 1 aliphatic heterocycles. The Kier molecular flexibility index (Phi) is 6.45. The molecule has 4 rings (SSSR count).